The van der Waals surface area contributed by atoms with Gasteiger partial charge < -0.3 is 20.6 Å². The third kappa shape index (κ3) is 7.16. The van der Waals surface area contributed by atoms with E-state index in [2.05, 4.69) is 34.7 Å². The lowest BCUT2D eigenvalue weighted by Crippen LogP contribution is -2.37. The quantitative estimate of drug-likeness (QED) is 0.614. The molecular weight excluding hydrogens is 314 g/mol. The molecule has 0 aromatic heterocycles. The largest absolute Gasteiger partial charge is 0.508 e. The average Bonchev–Trinajstić information content (AvgIpc) is 2.64. The van der Waals surface area contributed by atoms with E-state index in [4.69, 9.17) is 0 Å². The molecule has 2 amide bonds. The molecule has 0 bridgehead atoms. The van der Waals surface area contributed by atoms with Crippen LogP contribution in [0.4, 0.5) is 10.5 Å². The number of aromatic hydroxyl groups is 1. The first-order valence-electron chi connectivity index (χ1n) is 8.71. The normalized spacial score (nSPS) is 10.3. The Morgan fingerprint density at radius 1 is 0.960 bits per heavy atom. The number of anilines is 1. The van der Waals surface area contributed by atoms with Crippen LogP contribution in [0, 0.1) is 0 Å². The van der Waals surface area contributed by atoms with Crippen molar-refractivity contribution in [2.45, 2.75) is 19.3 Å². The third-order valence-corrected chi connectivity index (χ3v) is 4.02. The van der Waals surface area contributed by atoms with Crippen molar-refractivity contribution in [1.29, 1.82) is 0 Å². The van der Waals surface area contributed by atoms with Crippen LogP contribution in [0.5, 0.6) is 5.75 Å². The zero-order chi connectivity index (χ0) is 17.9. The number of rotatable bonds is 9. The molecule has 0 heterocycles. The summed E-state index contributed by atoms with van der Waals surface area (Å²) >= 11 is 0. The van der Waals surface area contributed by atoms with Crippen LogP contribution in [0.1, 0.15) is 18.4 Å². The van der Waals surface area contributed by atoms with Crippen LogP contribution in [0.3, 0.4) is 0 Å². The molecule has 3 N–H and O–H groups in total. The Hall–Kier alpha value is -2.69. The molecule has 134 valence electrons. The Kier molecular flexibility index (Phi) is 7.63. The number of phenols is 1. The van der Waals surface area contributed by atoms with Gasteiger partial charge in [-0.05, 0) is 49.1 Å². The first kappa shape index (κ1) is 18.6. The summed E-state index contributed by atoms with van der Waals surface area (Å²) in [6.45, 7) is 2.18. The molecule has 0 aliphatic heterocycles. The van der Waals surface area contributed by atoms with E-state index in [1.165, 1.54) is 5.69 Å². The van der Waals surface area contributed by atoms with Gasteiger partial charge in [-0.25, -0.2) is 4.79 Å². The van der Waals surface area contributed by atoms with Gasteiger partial charge in [0, 0.05) is 32.4 Å². The molecule has 2 aromatic carbocycles. The van der Waals surface area contributed by atoms with Crippen molar-refractivity contribution < 1.29 is 9.90 Å². The number of hydrogen-bond donors (Lipinski definition) is 3. The van der Waals surface area contributed by atoms with Crippen molar-refractivity contribution in [2.24, 2.45) is 0 Å². The van der Waals surface area contributed by atoms with Crippen molar-refractivity contribution in [3.8, 4) is 5.75 Å². The number of urea groups is 1. The van der Waals surface area contributed by atoms with Crippen molar-refractivity contribution in [3.63, 3.8) is 0 Å². The van der Waals surface area contributed by atoms with Crippen LogP contribution in [0.25, 0.3) is 0 Å². The predicted molar refractivity (Wildman–Crippen MR) is 102 cm³/mol. The van der Waals surface area contributed by atoms with Gasteiger partial charge in [0.2, 0.25) is 0 Å². The fourth-order valence-corrected chi connectivity index (χ4v) is 2.55. The maximum atomic E-state index is 11.7. The number of carbonyl (C=O) groups is 1. The van der Waals surface area contributed by atoms with Gasteiger partial charge in [0.25, 0.3) is 0 Å². The Morgan fingerprint density at radius 3 is 2.28 bits per heavy atom. The van der Waals surface area contributed by atoms with Crippen LogP contribution in [-0.2, 0) is 6.42 Å². The minimum atomic E-state index is -0.118. The molecule has 0 aliphatic rings. The number of aryl methyl sites for hydroxylation is 1. The number of nitrogens with one attached hydrogen (secondary N) is 2. The summed E-state index contributed by atoms with van der Waals surface area (Å²) in [4.78, 5) is 13.9. The Morgan fingerprint density at radius 2 is 1.60 bits per heavy atom. The molecule has 2 rings (SSSR count). The van der Waals surface area contributed by atoms with E-state index in [-0.39, 0.29) is 11.8 Å². The third-order valence-electron chi connectivity index (χ3n) is 4.02. The number of amides is 2. The molecule has 0 fully saturated rings. The van der Waals surface area contributed by atoms with E-state index in [0.717, 1.165) is 31.4 Å². The number of hydrogen-bond acceptors (Lipinski definition) is 3. The molecule has 25 heavy (non-hydrogen) atoms. The molecule has 0 spiro atoms. The van der Waals surface area contributed by atoms with Crippen LogP contribution < -0.4 is 15.5 Å². The van der Waals surface area contributed by atoms with E-state index in [1.54, 1.807) is 12.1 Å². The first-order chi connectivity index (χ1) is 12.1. The van der Waals surface area contributed by atoms with Crippen LogP contribution in [0.15, 0.2) is 54.6 Å². The van der Waals surface area contributed by atoms with Crippen molar-refractivity contribution >= 4 is 11.7 Å². The van der Waals surface area contributed by atoms with E-state index in [0.29, 0.717) is 13.1 Å². The second-order valence-corrected chi connectivity index (χ2v) is 6.06. The molecule has 5 heteroatoms. The molecule has 0 radical (unpaired) electrons. The van der Waals surface area contributed by atoms with Crippen molar-refractivity contribution in [1.82, 2.24) is 10.6 Å². The zero-order valence-electron chi connectivity index (χ0n) is 14.7. The second kappa shape index (κ2) is 10.2. The second-order valence-electron chi connectivity index (χ2n) is 6.06. The van der Waals surface area contributed by atoms with E-state index in [9.17, 15) is 9.90 Å². The summed E-state index contributed by atoms with van der Waals surface area (Å²) in [6, 6.07) is 17.3. The molecule has 0 atom stereocenters. The fourth-order valence-electron chi connectivity index (χ4n) is 2.55. The topological polar surface area (TPSA) is 64.6 Å². The summed E-state index contributed by atoms with van der Waals surface area (Å²) in [7, 11) is 2.05. The molecule has 0 unspecified atom stereocenters. The highest BCUT2D eigenvalue weighted by atomic mass is 16.3. The average molecular weight is 341 g/mol. The Balaban J connectivity index is 1.51. The molecule has 0 saturated carbocycles. The van der Waals surface area contributed by atoms with Gasteiger partial charge >= 0.3 is 6.03 Å². The lowest BCUT2D eigenvalue weighted by molar-refractivity contribution is 0.240. The minimum absolute atomic E-state index is 0.118. The van der Waals surface area contributed by atoms with E-state index >= 15 is 0 Å². The van der Waals surface area contributed by atoms with Crippen LogP contribution in [0.2, 0.25) is 0 Å². The van der Waals surface area contributed by atoms with Gasteiger partial charge in [0.05, 0.1) is 0 Å². The fraction of sp³-hybridized carbons (Fsp3) is 0.350. The van der Waals surface area contributed by atoms with Gasteiger partial charge in [0.1, 0.15) is 5.75 Å². The lowest BCUT2D eigenvalue weighted by atomic mass is 10.1. The highest BCUT2D eigenvalue weighted by Gasteiger charge is 2.02. The summed E-state index contributed by atoms with van der Waals surface area (Å²) < 4.78 is 0. The lowest BCUT2D eigenvalue weighted by Gasteiger charge is -2.19. The minimum Gasteiger partial charge on any atom is -0.508 e. The summed E-state index contributed by atoms with van der Waals surface area (Å²) in [5.41, 5.74) is 2.34. The highest BCUT2D eigenvalue weighted by Crippen LogP contribution is 2.11. The standard InChI is InChI=1S/C20H27N3O2/c1-23(18-8-3-2-4-9-18)16-6-15-22-20(25)21-14-5-7-17-10-12-19(24)13-11-17/h2-4,8-13,24H,5-7,14-16H2,1H3,(H2,21,22,25). The van der Waals surface area contributed by atoms with Gasteiger partial charge in [-0.3, -0.25) is 0 Å². The molecule has 2 aromatic rings. The predicted octanol–water partition coefficient (Wildman–Crippen LogP) is 3.15. The molecule has 5 nitrogen and oxygen atoms in total. The van der Waals surface area contributed by atoms with Crippen LogP contribution >= 0.6 is 0 Å². The Bertz CT molecular complexity index is 629. The van der Waals surface area contributed by atoms with Crippen LogP contribution in [-0.4, -0.2) is 37.8 Å². The zero-order valence-corrected chi connectivity index (χ0v) is 14.7. The Labute approximate surface area is 149 Å². The van der Waals surface area contributed by atoms with Gasteiger partial charge in [-0.15, -0.1) is 0 Å². The monoisotopic (exact) mass is 341 g/mol. The van der Waals surface area contributed by atoms with E-state index in [1.807, 2.05) is 30.3 Å². The maximum Gasteiger partial charge on any atom is 0.314 e. The number of benzene rings is 2. The smallest absolute Gasteiger partial charge is 0.314 e. The number of phenolic OH excluding ortho intramolecular Hbond substituents is 1. The number of carbonyl (C=O) groups excluding carboxylic acids is 1. The molecule has 0 aliphatic carbocycles. The molecule has 0 saturated heterocycles. The summed E-state index contributed by atoms with van der Waals surface area (Å²) in [5, 5.41) is 15.0. The van der Waals surface area contributed by atoms with E-state index < -0.39 is 0 Å². The number of para-hydroxylation sites is 1. The van der Waals surface area contributed by atoms with Gasteiger partial charge in [0.15, 0.2) is 0 Å². The summed E-state index contributed by atoms with van der Waals surface area (Å²) in [6.07, 6.45) is 2.64. The molecular formula is C20H27N3O2. The van der Waals surface area contributed by atoms with Crippen molar-refractivity contribution in [2.75, 3.05) is 31.6 Å². The number of nitrogens with zero attached hydrogens (tertiary/aromatic N) is 1. The highest BCUT2D eigenvalue weighted by molar-refractivity contribution is 5.73. The first-order valence-corrected chi connectivity index (χ1v) is 8.71. The van der Waals surface area contributed by atoms with Gasteiger partial charge in [-0.1, -0.05) is 30.3 Å². The maximum absolute atomic E-state index is 11.7. The summed E-state index contributed by atoms with van der Waals surface area (Å²) in [5.74, 6) is 0.277. The van der Waals surface area contributed by atoms with Gasteiger partial charge in [-0.2, -0.15) is 0 Å². The van der Waals surface area contributed by atoms with Crippen molar-refractivity contribution in [3.05, 3.63) is 60.2 Å². The SMILES string of the molecule is CN(CCCNC(=O)NCCCc1ccc(O)cc1)c1ccccc1.